The number of aromatic nitrogens is 4. The van der Waals surface area contributed by atoms with Gasteiger partial charge in [-0.05, 0) is 40.3 Å². The Morgan fingerprint density at radius 3 is 2.65 bits per heavy atom. The fraction of sp³-hybridized carbons (Fsp3) is 0.0714. The second-order valence-electron chi connectivity index (χ2n) is 4.41. The van der Waals surface area contributed by atoms with Crippen LogP contribution in [-0.4, -0.2) is 20.2 Å². The van der Waals surface area contributed by atoms with E-state index < -0.39 is 0 Å². The average Bonchev–Trinajstić information content (AvgIpc) is 2.89. The second kappa shape index (κ2) is 5.30. The first-order chi connectivity index (χ1) is 9.72. The highest BCUT2D eigenvalue weighted by atomic mass is 35.5. The number of hydrogen-bond donors (Lipinski definition) is 1. The van der Waals surface area contributed by atoms with E-state index in [9.17, 15) is 0 Å². The van der Waals surface area contributed by atoms with Gasteiger partial charge in [0.25, 0.3) is 0 Å². The maximum atomic E-state index is 5.88. The van der Waals surface area contributed by atoms with E-state index in [-0.39, 0.29) is 0 Å². The van der Waals surface area contributed by atoms with Crippen molar-refractivity contribution >= 4 is 17.3 Å². The van der Waals surface area contributed by atoms with Crippen LogP contribution in [0.5, 0.6) is 0 Å². The molecule has 0 fully saturated rings. The monoisotopic (exact) mass is 285 g/mol. The number of halogens is 1. The van der Waals surface area contributed by atoms with Gasteiger partial charge >= 0.3 is 0 Å². The van der Waals surface area contributed by atoms with Gasteiger partial charge in [0.2, 0.25) is 0 Å². The van der Waals surface area contributed by atoms with E-state index in [0.29, 0.717) is 23.1 Å². The first-order valence-electron chi connectivity index (χ1n) is 6.09. The predicted molar refractivity (Wildman–Crippen MR) is 78.2 cm³/mol. The minimum Gasteiger partial charge on any atom is -0.399 e. The smallest absolute Gasteiger partial charge is 0.182 e. The molecule has 0 saturated carbocycles. The molecule has 0 atom stereocenters. The molecule has 0 radical (unpaired) electrons. The van der Waals surface area contributed by atoms with Gasteiger partial charge in [-0.15, -0.1) is 5.10 Å². The first-order valence-corrected chi connectivity index (χ1v) is 6.47. The van der Waals surface area contributed by atoms with Gasteiger partial charge < -0.3 is 5.73 Å². The molecule has 2 N–H and O–H groups in total. The number of tetrazole rings is 1. The standard InChI is InChI=1S/C14H12ClN5/c15-12-6-4-10(5-7-12)9-20-14(17-18-19-20)11-2-1-3-13(16)8-11/h1-8H,9,16H2. The zero-order chi connectivity index (χ0) is 13.9. The van der Waals surface area contributed by atoms with Crippen LogP contribution in [-0.2, 0) is 6.54 Å². The van der Waals surface area contributed by atoms with Gasteiger partial charge in [0.1, 0.15) is 0 Å². The van der Waals surface area contributed by atoms with Crippen molar-refractivity contribution in [1.29, 1.82) is 0 Å². The summed E-state index contributed by atoms with van der Waals surface area (Å²) in [5, 5.41) is 12.5. The van der Waals surface area contributed by atoms with Crippen molar-refractivity contribution in [2.75, 3.05) is 5.73 Å². The molecule has 3 rings (SSSR count). The average molecular weight is 286 g/mol. The van der Waals surface area contributed by atoms with Crippen LogP contribution in [0.15, 0.2) is 48.5 Å². The Bertz CT molecular complexity index is 720. The van der Waals surface area contributed by atoms with Crippen molar-refractivity contribution in [3.63, 3.8) is 0 Å². The molecule has 0 aliphatic heterocycles. The van der Waals surface area contributed by atoms with Crippen LogP contribution in [0.2, 0.25) is 5.02 Å². The lowest BCUT2D eigenvalue weighted by molar-refractivity contribution is 0.653. The van der Waals surface area contributed by atoms with Crippen molar-refractivity contribution < 1.29 is 0 Å². The van der Waals surface area contributed by atoms with Gasteiger partial charge in [-0.25, -0.2) is 4.68 Å². The Morgan fingerprint density at radius 2 is 1.90 bits per heavy atom. The number of benzene rings is 2. The number of hydrogen-bond acceptors (Lipinski definition) is 4. The summed E-state index contributed by atoms with van der Waals surface area (Å²) in [5.41, 5.74) is 8.44. The number of nitrogens with two attached hydrogens (primary N) is 1. The van der Waals surface area contributed by atoms with Crippen LogP contribution >= 0.6 is 11.6 Å². The van der Waals surface area contributed by atoms with Crippen LogP contribution in [0.1, 0.15) is 5.56 Å². The van der Waals surface area contributed by atoms with E-state index >= 15 is 0 Å². The fourth-order valence-electron chi connectivity index (χ4n) is 1.96. The Kier molecular flexibility index (Phi) is 3.35. The molecule has 0 unspecified atom stereocenters. The van der Waals surface area contributed by atoms with Crippen LogP contribution in [0.3, 0.4) is 0 Å². The van der Waals surface area contributed by atoms with E-state index in [2.05, 4.69) is 15.5 Å². The number of nitrogens with zero attached hydrogens (tertiary/aromatic N) is 4. The van der Waals surface area contributed by atoms with Crippen LogP contribution in [0, 0.1) is 0 Å². The lowest BCUT2D eigenvalue weighted by atomic mass is 10.2. The lowest BCUT2D eigenvalue weighted by Crippen LogP contribution is -2.04. The SMILES string of the molecule is Nc1cccc(-c2nnnn2Cc2ccc(Cl)cc2)c1. The highest BCUT2D eigenvalue weighted by molar-refractivity contribution is 6.30. The molecule has 3 aromatic rings. The molecule has 100 valence electrons. The van der Waals surface area contributed by atoms with E-state index in [1.165, 1.54) is 0 Å². The van der Waals surface area contributed by atoms with Crippen molar-refractivity contribution in [3.05, 3.63) is 59.1 Å². The van der Waals surface area contributed by atoms with Crippen molar-refractivity contribution in [2.24, 2.45) is 0 Å². The Morgan fingerprint density at radius 1 is 1.10 bits per heavy atom. The number of nitrogen functional groups attached to an aromatic ring is 1. The molecule has 0 amide bonds. The Balaban J connectivity index is 1.92. The number of rotatable bonds is 3. The van der Waals surface area contributed by atoms with E-state index in [1.54, 1.807) is 4.68 Å². The summed E-state index contributed by atoms with van der Waals surface area (Å²) in [7, 11) is 0. The van der Waals surface area contributed by atoms with Gasteiger partial charge in [0.15, 0.2) is 5.82 Å². The molecule has 0 spiro atoms. The maximum Gasteiger partial charge on any atom is 0.182 e. The third-order valence-corrected chi connectivity index (χ3v) is 3.17. The van der Waals surface area contributed by atoms with Crippen molar-refractivity contribution in [2.45, 2.75) is 6.54 Å². The lowest BCUT2D eigenvalue weighted by Gasteiger charge is -2.05. The number of anilines is 1. The normalized spacial score (nSPS) is 10.7. The molecule has 5 nitrogen and oxygen atoms in total. The zero-order valence-electron chi connectivity index (χ0n) is 10.6. The topological polar surface area (TPSA) is 69.6 Å². The Hall–Kier alpha value is -2.40. The minimum absolute atomic E-state index is 0.578. The summed E-state index contributed by atoms with van der Waals surface area (Å²) in [6.45, 7) is 0.578. The fourth-order valence-corrected chi connectivity index (χ4v) is 2.08. The summed E-state index contributed by atoms with van der Waals surface area (Å²) in [6.07, 6.45) is 0. The summed E-state index contributed by atoms with van der Waals surface area (Å²) in [5.74, 6) is 0.687. The van der Waals surface area contributed by atoms with Gasteiger partial charge in [-0.3, -0.25) is 0 Å². The van der Waals surface area contributed by atoms with Crippen LogP contribution in [0.4, 0.5) is 5.69 Å². The molecule has 0 bridgehead atoms. The van der Waals surface area contributed by atoms with E-state index in [0.717, 1.165) is 11.1 Å². The predicted octanol–water partition coefficient (Wildman–Crippen LogP) is 2.62. The van der Waals surface area contributed by atoms with Crippen molar-refractivity contribution in [1.82, 2.24) is 20.2 Å². The highest BCUT2D eigenvalue weighted by Gasteiger charge is 2.09. The summed E-state index contributed by atoms with van der Waals surface area (Å²) < 4.78 is 1.73. The molecule has 0 aliphatic rings. The van der Waals surface area contributed by atoms with Crippen molar-refractivity contribution in [3.8, 4) is 11.4 Å². The largest absolute Gasteiger partial charge is 0.399 e. The van der Waals surface area contributed by atoms with Crippen LogP contribution in [0.25, 0.3) is 11.4 Å². The molecule has 0 saturated heterocycles. The molecule has 2 aromatic carbocycles. The van der Waals surface area contributed by atoms with Gasteiger partial charge in [-0.2, -0.15) is 0 Å². The quantitative estimate of drug-likeness (QED) is 0.751. The maximum absolute atomic E-state index is 5.88. The third kappa shape index (κ3) is 2.62. The molecule has 1 aromatic heterocycles. The molecular weight excluding hydrogens is 274 g/mol. The molecule has 0 aliphatic carbocycles. The molecular formula is C14H12ClN5. The summed E-state index contributed by atoms with van der Waals surface area (Å²) in [4.78, 5) is 0. The molecule has 1 heterocycles. The van der Waals surface area contributed by atoms with E-state index in [1.807, 2.05) is 48.5 Å². The Labute approximate surface area is 121 Å². The molecule has 6 heteroatoms. The zero-order valence-corrected chi connectivity index (χ0v) is 11.3. The first kappa shape index (κ1) is 12.6. The summed E-state index contributed by atoms with van der Waals surface area (Å²) >= 11 is 5.88. The molecule has 20 heavy (non-hydrogen) atoms. The van der Waals surface area contributed by atoms with Crippen LogP contribution < -0.4 is 5.73 Å². The van der Waals surface area contributed by atoms with Gasteiger partial charge in [-0.1, -0.05) is 35.9 Å². The van der Waals surface area contributed by atoms with Gasteiger partial charge in [0.05, 0.1) is 6.54 Å². The van der Waals surface area contributed by atoms with Gasteiger partial charge in [0, 0.05) is 16.3 Å². The minimum atomic E-state index is 0.578. The second-order valence-corrected chi connectivity index (χ2v) is 4.85. The summed E-state index contributed by atoms with van der Waals surface area (Å²) in [6, 6.07) is 15.1. The highest BCUT2D eigenvalue weighted by Crippen LogP contribution is 2.19. The third-order valence-electron chi connectivity index (χ3n) is 2.92. The van der Waals surface area contributed by atoms with E-state index in [4.69, 9.17) is 17.3 Å².